The molecule has 0 N–H and O–H groups in total. The highest BCUT2D eigenvalue weighted by Gasteiger charge is 2.23. The van der Waals surface area contributed by atoms with E-state index in [1.165, 1.54) is 11.1 Å². The van der Waals surface area contributed by atoms with E-state index in [2.05, 4.69) is 44.5 Å². The normalized spacial score (nSPS) is 14.2. The van der Waals surface area contributed by atoms with E-state index in [-0.39, 0.29) is 0 Å². The van der Waals surface area contributed by atoms with Gasteiger partial charge in [0.05, 0.1) is 6.54 Å². The van der Waals surface area contributed by atoms with Crippen LogP contribution in [-0.4, -0.2) is 26.8 Å². The minimum absolute atomic E-state index is 0.449. The van der Waals surface area contributed by atoms with E-state index in [1.54, 1.807) is 0 Å². The summed E-state index contributed by atoms with van der Waals surface area (Å²) in [4.78, 5) is 2.33. The first kappa shape index (κ1) is 16.9. The molecule has 5 rings (SSSR count). The zero-order valence-electron chi connectivity index (χ0n) is 15.6. The molecule has 0 saturated carbocycles. The van der Waals surface area contributed by atoms with Crippen molar-refractivity contribution >= 4 is 0 Å². The molecule has 0 radical (unpaired) electrons. The summed E-state index contributed by atoms with van der Waals surface area (Å²) in [7, 11) is 0. The number of rotatable bonds is 4. The highest BCUT2D eigenvalue weighted by Crippen LogP contribution is 2.33. The van der Waals surface area contributed by atoms with Gasteiger partial charge in [-0.2, -0.15) is 0 Å². The Bertz CT molecular complexity index is 1100. The molecule has 140 valence electrons. The molecule has 0 fully saturated rings. The van der Waals surface area contributed by atoms with Crippen LogP contribution in [-0.2, 0) is 19.5 Å². The highest BCUT2D eigenvalue weighted by molar-refractivity contribution is 5.77. The third-order valence-corrected chi connectivity index (χ3v) is 5.16. The van der Waals surface area contributed by atoms with E-state index in [0.717, 1.165) is 36.3 Å². The number of fused-ring (bicyclic) bond motifs is 1. The summed E-state index contributed by atoms with van der Waals surface area (Å²) in [5, 5.41) is 12.7. The quantitative estimate of drug-likeness (QED) is 0.533. The monoisotopic (exact) mass is 372 g/mol. The first-order valence-electron chi connectivity index (χ1n) is 9.41. The van der Waals surface area contributed by atoms with Gasteiger partial charge >= 0.3 is 0 Å². The molecule has 1 aliphatic rings. The largest absolute Gasteiger partial charge is 0.419 e. The van der Waals surface area contributed by atoms with Crippen LogP contribution in [0, 0.1) is 6.92 Å². The van der Waals surface area contributed by atoms with Crippen molar-refractivity contribution in [1.29, 1.82) is 0 Å². The smallest absolute Gasteiger partial charge is 0.253 e. The number of aryl methyl sites for hydroxylation is 1. The van der Waals surface area contributed by atoms with Crippen molar-refractivity contribution in [3.63, 3.8) is 0 Å². The van der Waals surface area contributed by atoms with Crippen LogP contribution in [0.2, 0.25) is 0 Å². The van der Waals surface area contributed by atoms with Gasteiger partial charge in [-0.1, -0.05) is 59.8 Å². The van der Waals surface area contributed by atoms with Gasteiger partial charge in [-0.05, 0) is 24.5 Å². The van der Waals surface area contributed by atoms with Crippen molar-refractivity contribution in [2.75, 3.05) is 6.54 Å². The van der Waals surface area contributed by atoms with Crippen molar-refractivity contribution in [2.45, 2.75) is 26.4 Å². The second kappa shape index (κ2) is 7.05. The maximum absolute atomic E-state index is 6.00. The van der Waals surface area contributed by atoms with E-state index in [1.807, 2.05) is 37.3 Å². The lowest BCUT2D eigenvalue weighted by molar-refractivity contribution is 0.222. The zero-order chi connectivity index (χ0) is 18.9. The van der Waals surface area contributed by atoms with Gasteiger partial charge in [-0.3, -0.25) is 4.90 Å². The molecule has 1 aliphatic heterocycles. The summed E-state index contributed by atoms with van der Waals surface area (Å²) in [5.74, 6) is 1.72. The molecule has 6 heteroatoms. The molecule has 0 spiro atoms. The topological polar surface area (TPSA) is 68.2 Å². The molecule has 0 bridgehead atoms. The fourth-order valence-electron chi connectivity index (χ4n) is 3.72. The summed E-state index contributed by atoms with van der Waals surface area (Å²) >= 11 is 0. The van der Waals surface area contributed by atoms with Crippen molar-refractivity contribution in [3.05, 3.63) is 77.4 Å². The summed E-state index contributed by atoms with van der Waals surface area (Å²) in [5.41, 5.74) is 5.24. The van der Waals surface area contributed by atoms with Crippen LogP contribution in [0.25, 0.3) is 22.7 Å². The molecule has 28 heavy (non-hydrogen) atoms. The van der Waals surface area contributed by atoms with Gasteiger partial charge in [0.2, 0.25) is 5.89 Å². The lowest BCUT2D eigenvalue weighted by atomic mass is 10.00. The van der Waals surface area contributed by atoms with Gasteiger partial charge in [-0.25, -0.2) is 0 Å². The Balaban J connectivity index is 1.39. The Morgan fingerprint density at radius 2 is 1.75 bits per heavy atom. The standard InChI is InChI=1S/C22H20N4O2/c1-15-20(21(25-28-15)17-8-3-2-4-9-17)22-24-23-19(27-22)14-26-12-11-16-7-5-6-10-18(16)13-26/h2-10H,11-14H2,1H3. The maximum atomic E-state index is 6.00. The van der Waals surface area contributed by atoms with E-state index in [9.17, 15) is 0 Å². The second-order valence-electron chi connectivity index (χ2n) is 7.06. The van der Waals surface area contributed by atoms with Gasteiger partial charge < -0.3 is 8.94 Å². The van der Waals surface area contributed by atoms with Crippen LogP contribution in [0.1, 0.15) is 22.8 Å². The maximum Gasteiger partial charge on any atom is 0.253 e. The molecular weight excluding hydrogens is 352 g/mol. The van der Waals surface area contributed by atoms with Crippen LogP contribution in [0.15, 0.2) is 63.5 Å². The van der Waals surface area contributed by atoms with E-state index in [0.29, 0.717) is 24.1 Å². The Labute approximate surface area is 162 Å². The minimum Gasteiger partial charge on any atom is -0.419 e. The fraction of sp³-hybridized carbons (Fsp3) is 0.227. The molecule has 2 aromatic heterocycles. The molecule has 4 aromatic rings. The number of nitrogens with zero attached hydrogens (tertiary/aromatic N) is 4. The van der Waals surface area contributed by atoms with Crippen LogP contribution in [0.4, 0.5) is 0 Å². The van der Waals surface area contributed by atoms with Crippen LogP contribution < -0.4 is 0 Å². The van der Waals surface area contributed by atoms with Gasteiger partial charge in [-0.15, -0.1) is 10.2 Å². The van der Waals surface area contributed by atoms with Gasteiger partial charge in [0, 0.05) is 18.7 Å². The summed E-state index contributed by atoms with van der Waals surface area (Å²) in [6, 6.07) is 18.5. The van der Waals surface area contributed by atoms with Gasteiger partial charge in [0.1, 0.15) is 17.0 Å². The van der Waals surface area contributed by atoms with Crippen LogP contribution >= 0.6 is 0 Å². The van der Waals surface area contributed by atoms with E-state index >= 15 is 0 Å². The number of benzene rings is 2. The van der Waals surface area contributed by atoms with Crippen molar-refractivity contribution in [1.82, 2.24) is 20.3 Å². The molecule has 0 aliphatic carbocycles. The molecule has 6 nitrogen and oxygen atoms in total. The molecule has 2 aromatic carbocycles. The van der Waals surface area contributed by atoms with Crippen molar-refractivity contribution in [2.24, 2.45) is 0 Å². The lowest BCUT2D eigenvalue weighted by Crippen LogP contribution is -2.30. The predicted octanol–water partition coefficient (Wildman–Crippen LogP) is 4.26. The van der Waals surface area contributed by atoms with Gasteiger partial charge in [0.25, 0.3) is 5.89 Å². The molecule has 0 amide bonds. The molecular formula is C22H20N4O2. The Kier molecular flexibility index (Phi) is 4.25. The predicted molar refractivity (Wildman–Crippen MR) is 104 cm³/mol. The third-order valence-electron chi connectivity index (χ3n) is 5.16. The highest BCUT2D eigenvalue weighted by atomic mass is 16.5. The summed E-state index contributed by atoms with van der Waals surface area (Å²) in [6.07, 6.45) is 1.04. The fourth-order valence-corrected chi connectivity index (χ4v) is 3.72. The lowest BCUT2D eigenvalue weighted by Gasteiger charge is -2.27. The number of hydrogen-bond acceptors (Lipinski definition) is 6. The van der Waals surface area contributed by atoms with Gasteiger partial charge in [0.15, 0.2) is 0 Å². The average molecular weight is 372 g/mol. The number of hydrogen-bond donors (Lipinski definition) is 0. The van der Waals surface area contributed by atoms with Crippen LogP contribution in [0.3, 0.4) is 0 Å². The Hall–Kier alpha value is -3.25. The molecule has 0 atom stereocenters. The Morgan fingerprint density at radius 3 is 2.61 bits per heavy atom. The second-order valence-corrected chi connectivity index (χ2v) is 7.06. The number of aromatic nitrogens is 3. The SMILES string of the molecule is Cc1onc(-c2ccccc2)c1-c1nnc(CN2CCc3ccccc3C2)o1. The average Bonchev–Trinajstić information content (AvgIpc) is 3.34. The van der Waals surface area contributed by atoms with E-state index in [4.69, 9.17) is 8.94 Å². The van der Waals surface area contributed by atoms with Crippen molar-refractivity contribution in [3.8, 4) is 22.7 Å². The Morgan fingerprint density at radius 1 is 0.964 bits per heavy atom. The summed E-state index contributed by atoms with van der Waals surface area (Å²) < 4.78 is 11.4. The van der Waals surface area contributed by atoms with Crippen LogP contribution in [0.5, 0.6) is 0 Å². The zero-order valence-corrected chi connectivity index (χ0v) is 15.6. The van der Waals surface area contributed by atoms with Crippen molar-refractivity contribution < 1.29 is 8.94 Å². The third kappa shape index (κ3) is 3.12. The van der Waals surface area contributed by atoms with E-state index < -0.39 is 0 Å². The first-order valence-corrected chi connectivity index (χ1v) is 9.41. The summed E-state index contributed by atoms with van der Waals surface area (Å²) in [6.45, 7) is 4.37. The molecule has 0 saturated heterocycles. The minimum atomic E-state index is 0.449. The molecule has 3 heterocycles. The first-order chi connectivity index (χ1) is 13.8. The molecule has 0 unspecified atom stereocenters.